The zero-order valence-corrected chi connectivity index (χ0v) is 20.3. The van der Waals surface area contributed by atoms with Gasteiger partial charge in [-0.1, -0.05) is 12.1 Å². The molecule has 1 saturated heterocycles. The number of carbonyl (C=O) groups excluding carboxylic acids is 2. The van der Waals surface area contributed by atoms with E-state index in [2.05, 4.69) is 15.5 Å². The molecule has 2 heterocycles. The summed E-state index contributed by atoms with van der Waals surface area (Å²) in [6, 6.07) is 14.5. The van der Waals surface area contributed by atoms with E-state index < -0.39 is 0 Å². The molecule has 4 rings (SSSR count). The first-order chi connectivity index (χ1) is 17.0. The van der Waals surface area contributed by atoms with E-state index in [9.17, 15) is 9.59 Å². The molecule has 0 radical (unpaired) electrons. The molecule has 0 unspecified atom stereocenters. The SMILES string of the molecule is CCOc1ccccc1NC(=O)N1CCN(Cc2nc(-c3ccc(C(=O)NC)cc3)oc2C)CC1. The first-order valence-electron chi connectivity index (χ1n) is 11.8. The Kier molecular flexibility index (Phi) is 7.67. The smallest absolute Gasteiger partial charge is 0.322 e. The van der Waals surface area contributed by atoms with Crippen LogP contribution < -0.4 is 15.4 Å². The number of oxazole rings is 1. The van der Waals surface area contributed by atoms with E-state index in [1.165, 1.54) is 0 Å². The minimum atomic E-state index is -0.132. The monoisotopic (exact) mass is 477 g/mol. The Balaban J connectivity index is 1.32. The summed E-state index contributed by atoms with van der Waals surface area (Å²) in [6.07, 6.45) is 0. The number of nitrogens with one attached hydrogen (secondary N) is 2. The summed E-state index contributed by atoms with van der Waals surface area (Å²) in [5, 5.41) is 5.58. The normalized spacial score (nSPS) is 14.0. The number of nitrogens with zero attached hydrogens (tertiary/aromatic N) is 3. The summed E-state index contributed by atoms with van der Waals surface area (Å²) in [4.78, 5) is 33.3. The van der Waals surface area contributed by atoms with Gasteiger partial charge in [0.25, 0.3) is 5.91 Å². The van der Waals surface area contributed by atoms with Gasteiger partial charge >= 0.3 is 6.03 Å². The fourth-order valence-corrected chi connectivity index (χ4v) is 3.97. The van der Waals surface area contributed by atoms with Crippen LogP contribution in [0.2, 0.25) is 0 Å². The first kappa shape index (κ1) is 24.3. The van der Waals surface area contributed by atoms with Crippen molar-refractivity contribution in [2.24, 2.45) is 0 Å². The molecule has 3 amide bonds. The van der Waals surface area contributed by atoms with Crippen LogP contribution in [0.3, 0.4) is 0 Å². The third-order valence-electron chi connectivity index (χ3n) is 5.98. The molecule has 0 bridgehead atoms. The van der Waals surface area contributed by atoms with Crippen LogP contribution in [-0.4, -0.2) is 66.6 Å². The number of benzene rings is 2. The molecule has 35 heavy (non-hydrogen) atoms. The van der Waals surface area contributed by atoms with E-state index in [1.54, 1.807) is 19.2 Å². The molecule has 2 aromatic carbocycles. The summed E-state index contributed by atoms with van der Waals surface area (Å²) in [6.45, 7) is 7.72. The first-order valence-corrected chi connectivity index (χ1v) is 11.8. The Bertz CT molecular complexity index is 1170. The van der Waals surface area contributed by atoms with Crippen LogP contribution >= 0.6 is 0 Å². The summed E-state index contributed by atoms with van der Waals surface area (Å²) in [7, 11) is 1.60. The third kappa shape index (κ3) is 5.81. The van der Waals surface area contributed by atoms with Crippen LogP contribution in [0.5, 0.6) is 5.75 Å². The highest BCUT2D eigenvalue weighted by molar-refractivity contribution is 5.94. The van der Waals surface area contributed by atoms with Gasteiger partial charge in [0.05, 0.1) is 18.0 Å². The number of anilines is 1. The second kappa shape index (κ2) is 11.1. The molecule has 0 saturated carbocycles. The molecule has 2 N–H and O–H groups in total. The largest absolute Gasteiger partial charge is 0.492 e. The lowest BCUT2D eigenvalue weighted by Crippen LogP contribution is -2.49. The van der Waals surface area contributed by atoms with E-state index in [-0.39, 0.29) is 11.9 Å². The van der Waals surface area contributed by atoms with Gasteiger partial charge < -0.3 is 24.7 Å². The van der Waals surface area contributed by atoms with Gasteiger partial charge in [0, 0.05) is 50.9 Å². The molecule has 0 aliphatic carbocycles. The average Bonchev–Trinajstić information content (AvgIpc) is 3.25. The van der Waals surface area contributed by atoms with Crippen molar-refractivity contribution in [1.29, 1.82) is 0 Å². The van der Waals surface area contributed by atoms with Gasteiger partial charge in [-0.25, -0.2) is 9.78 Å². The Morgan fingerprint density at radius 2 is 1.77 bits per heavy atom. The lowest BCUT2D eigenvalue weighted by molar-refractivity contribution is 0.0963. The second-order valence-electron chi connectivity index (χ2n) is 8.30. The molecule has 184 valence electrons. The highest BCUT2D eigenvalue weighted by Crippen LogP contribution is 2.25. The molecule has 9 heteroatoms. The van der Waals surface area contributed by atoms with Gasteiger partial charge in [-0.3, -0.25) is 9.69 Å². The van der Waals surface area contributed by atoms with Crippen molar-refractivity contribution in [2.45, 2.75) is 20.4 Å². The van der Waals surface area contributed by atoms with Crippen molar-refractivity contribution in [1.82, 2.24) is 20.1 Å². The lowest BCUT2D eigenvalue weighted by Gasteiger charge is -2.34. The van der Waals surface area contributed by atoms with E-state index in [0.29, 0.717) is 49.1 Å². The van der Waals surface area contributed by atoms with Gasteiger partial charge in [0.2, 0.25) is 5.89 Å². The molecule has 3 aromatic rings. The molecule has 1 aliphatic rings. The fourth-order valence-electron chi connectivity index (χ4n) is 3.97. The molecule has 0 spiro atoms. The van der Waals surface area contributed by atoms with Crippen molar-refractivity contribution in [3.05, 3.63) is 65.5 Å². The molecule has 1 fully saturated rings. The Morgan fingerprint density at radius 1 is 1.06 bits per heavy atom. The fraction of sp³-hybridized carbons (Fsp3) is 0.346. The number of amides is 3. The second-order valence-corrected chi connectivity index (χ2v) is 8.30. The van der Waals surface area contributed by atoms with Crippen molar-refractivity contribution in [2.75, 3.05) is 45.2 Å². The maximum Gasteiger partial charge on any atom is 0.322 e. The predicted octanol–water partition coefficient (Wildman–Crippen LogP) is 3.76. The number of hydrogen-bond donors (Lipinski definition) is 2. The van der Waals surface area contributed by atoms with Crippen molar-refractivity contribution >= 4 is 17.6 Å². The van der Waals surface area contributed by atoms with E-state index in [0.717, 1.165) is 30.1 Å². The summed E-state index contributed by atoms with van der Waals surface area (Å²) in [5.41, 5.74) is 2.96. The van der Waals surface area contributed by atoms with Gasteiger partial charge in [-0.05, 0) is 50.2 Å². The highest BCUT2D eigenvalue weighted by atomic mass is 16.5. The van der Waals surface area contributed by atoms with E-state index in [1.807, 2.05) is 55.1 Å². The number of piperazine rings is 1. The van der Waals surface area contributed by atoms with Gasteiger partial charge in [-0.2, -0.15) is 0 Å². The van der Waals surface area contributed by atoms with Crippen molar-refractivity contribution < 1.29 is 18.7 Å². The van der Waals surface area contributed by atoms with Crippen LogP contribution in [0.15, 0.2) is 52.9 Å². The number of aromatic nitrogens is 1. The number of hydrogen-bond acceptors (Lipinski definition) is 6. The third-order valence-corrected chi connectivity index (χ3v) is 5.98. The Hall–Kier alpha value is -3.85. The predicted molar refractivity (Wildman–Crippen MR) is 134 cm³/mol. The van der Waals surface area contributed by atoms with Crippen LogP contribution in [0.25, 0.3) is 11.5 Å². The van der Waals surface area contributed by atoms with Crippen LogP contribution in [-0.2, 0) is 6.54 Å². The lowest BCUT2D eigenvalue weighted by atomic mass is 10.1. The number of carbonyl (C=O) groups is 2. The molecule has 0 atom stereocenters. The summed E-state index contributed by atoms with van der Waals surface area (Å²) < 4.78 is 11.5. The number of ether oxygens (including phenoxy) is 1. The molecular weight excluding hydrogens is 446 g/mol. The molecule has 1 aliphatic heterocycles. The van der Waals surface area contributed by atoms with Crippen LogP contribution in [0.1, 0.15) is 28.7 Å². The number of rotatable bonds is 7. The molecular formula is C26H31N5O4. The van der Waals surface area contributed by atoms with E-state index in [4.69, 9.17) is 14.1 Å². The van der Waals surface area contributed by atoms with E-state index >= 15 is 0 Å². The standard InChI is InChI=1S/C26H31N5O4/c1-4-34-23-8-6-5-7-21(23)29-26(33)31-15-13-30(14-16-31)17-22-18(2)35-25(28-22)20-11-9-19(10-12-20)24(32)27-3/h5-12H,4,13-17H2,1-3H3,(H,27,32)(H,29,33). The van der Waals surface area contributed by atoms with Crippen molar-refractivity contribution in [3.63, 3.8) is 0 Å². The topological polar surface area (TPSA) is 99.9 Å². The van der Waals surface area contributed by atoms with Gasteiger partial charge in [0.15, 0.2) is 0 Å². The zero-order valence-electron chi connectivity index (χ0n) is 20.3. The minimum absolute atomic E-state index is 0.128. The van der Waals surface area contributed by atoms with Crippen molar-refractivity contribution in [3.8, 4) is 17.2 Å². The summed E-state index contributed by atoms with van der Waals surface area (Å²) in [5.74, 6) is 1.84. The molecule has 1 aromatic heterocycles. The quantitative estimate of drug-likeness (QED) is 0.538. The Labute approximate surface area is 205 Å². The van der Waals surface area contributed by atoms with Crippen LogP contribution in [0.4, 0.5) is 10.5 Å². The minimum Gasteiger partial charge on any atom is -0.492 e. The summed E-state index contributed by atoms with van der Waals surface area (Å²) >= 11 is 0. The maximum atomic E-state index is 12.8. The number of aryl methyl sites for hydroxylation is 1. The van der Waals surface area contributed by atoms with Gasteiger partial charge in [-0.15, -0.1) is 0 Å². The maximum absolute atomic E-state index is 12.8. The van der Waals surface area contributed by atoms with Gasteiger partial charge in [0.1, 0.15) is 11.5 Å². The molecule has 9 nitrogen and oxygen atoms in total. The number of urea groups is 1. The zero-order chi connectivity index (χ0) is 24.8. The van der Waals surface area contributed by atoms with Crippen LogP contribution in [0, 0.1) is 6.92 Å². The Morgan fingerprint density at radius 3 is 2.46 bits per heavy atom. The highest BCUT2D eigenvalue weighted by Gasteiger charge is 2.23. The number of para-hydroxylation sites is 2. The average molecular weight is 478 g/mol.